The van der Waals surface area contributed by atoms with Gasteiger partial charge in [0.25, 0.3) is 0 Å². The number of aromatic nitrogens is 2. The first kappa shape index (κ1) is 19.1. The molecule has 0 saturated heterocycles. The van der Waals surface area contributed by atoms with Gasteiger partial charge in [-0.2, -0.15) is 0 Å². The normalized spacial score (nSPS) is 12.3. The highest BCUT2D eigenvalue weighted by molar-refractivity contribution is 5.82. The molecular formula is C22H27N3O2. The van der Waals surface area contributed by atoms with Gasteiger partial charge in [-0.1, -0.05) is 30.3 Å². The van der Waals surface area contributed by atoms with Crippen molar-refractivity contribution in [2.45, 2.75) is 40.3 Å². The van der Waals surface area contributed by atoms with Crippen molar-refractivity contribution in [2.24, 2.45) is 0 Å². The lowest BCUT2D eigenvalue weighted by atomic mass is 10.1. The Morgan fingerprint density at radius 3 is 2.37 bits per heavy atom. The van der Waals surface area contributed by atoms with Gasteiger partial charge in [-0.25, -0.2) is 4.98 Å². The molecule has 0 aliphatic carbocycles. The second-order valence-electron chi connectivity index (χ2n) is 6.86. The quantitative estimate of drug-likeness (QED) is 0.726. The molecule has 1 heterocycles. The molecule has 0 spiro atoms. The van der Waals surface area contributed by atoms with Crippen LogP contribution in [0.2, 0.25) is 0 Å². The topological polar surface area (TPSA) is 58.4 Å². The predicted molar refractivity (Wildman–Crippen MR) is 108 cm³/mol. The van der Waals surface area contributed by atoms with Gasteiger partial charge >= 0.3 is 0 Å². The molecule has 1 amide bonds. The van der Waals surface area contributed by atoms with Gasteiger partial charge in [0.2, 0.25) is 5.91 Å². The average molecular weight is 365 g/mol. The van der Waals surface area contributed by atoms with Crippen LogP contribution in [0.4, 0.5) is 0 Å². The highest BCUT2D eigenvalue weighted by Gasteiger charge is 2.23. The van der Waals surface area contributed by atoms with Gasteiger partial charge in [-0.3, -0.25) is 4.79 Å². The number of imidazole rings is 1. The highest BCUT2D eigenvalue weighted by atomic mass is 16.3. The molecular weight excluding hydrogens is 338 g/mol. The van der Waals surface area contributed by atoms with Gasteiger partial charge in [0.05, 0.1) is 11.0 Å². The van der Waals surface area contributed by atoms with Gasteiger partial charge in [0, 0.05) is 13.1 Å². The Kier molecular flexibility index (Phi) is 5.61. The fraction of sp³-hybridized carbons (Fsp3) is 0.364. The number of amides is 1. The molecule has 1 N–H and O–H groups in total. The molecule has 142 valence electrons. The minimum absolute atomic E-state index is 0.0269. The lowest BCUT2D eigenvalue weighted by Crippen LogP contribution is -2.34. The van der Waals surface area contributed by atoms with Crippen LogP contribution in [0, 0.1) is 13.8 Å². The standard InChI is InChI=1S/C22H27N3O2/c1-5-24(6-2)20(26)14-25-19-13-16(4)15(3)12-18(19)23-22(25)21(27)17-10-8-7-9-11-17/h7-13,21,27H,5-6,14H2,1-4H3. The monoisotopic (exact) mass is 365 g/mol. The Labute approximate surface area is 160 Å². The second-order valence-corrected chi connectivity index (χ2v) is 6.86. The van der Waals surface area contributed by atoms with Crippen LogP contribution in [0.5, 0.6) is 0 Å². The summed E-state index contributed by atoms with van der Waals surface area (Å²) >= 11 is 0. The van der Waals surface area contributed by atoms with Crippen molar-refractivity contribution >= 4 is 16.9 Å². The highest BCUT2D eigenvalue weighted by Crippen LogP contribution is 2.27. The summed E-state index contributed by atoms with van der Waals surface area (Å²) in [7, 11) is 0. The van der Waals surface area contributed by atoms with Crippen LogP contribution in [-0.2, 0) is 11.3 Å². The van der Waals surface area contributed by atoms with Gasteiger partial charge in [0.1, 0.15) is 18.5 Å². The molecule has 27 heavy (non-hydrogen) atoms. The summed E-state index contributed by atoms with van der Waals surface area (Å²) in [6, 6.07) is 13.5. The van der Waals surface area contributed by atoms with E-state index in [2.05, 4.69) is 0 Å². The Balaban J connectivity index is 2.12. The summed E-state index contributed by atoms with van der Waals surface area (Å²) in [6.07, 6.45) is -0.885. The largest absolute Gasteiger partial charge is 0.380 e. The van der Waals surface area contributed by atoms with E-state index in [0.717, 1.165) is 27.7 Å². The van der Waals surface area contributed by atoms with E-state index in [1.165, 1.54) is 0 Å². The molecule has 0 radical (unpaired) electrons. The molecule has 1 atom stereocenters. The number of hydrogen-bond acceptors (Lipinski definition) is 3. The van der Waals surface area contributed by atoms with Crippen molar-refractivity contribution in [1.82, 2.24) is 14.5 Å². The van der Waals surface area contributed by atoms with E-state index in [1.807, 2.05) is 74.7 Å². The van der Waals surface area contributed by atoms with Crippen LogP contribution in [0.1, 0.15) is 42.5 Å². The number of hydrogen-bond donors (Lipinski definition) is 1. The summed E-state index contributed by atoms with van der Waals surface area (Å²) in [5, 5.41) is 11.0. The van der Waals surface area contributed by atoms with Crippen LogP contribution >= 0.6 is 0 Å². The predicted octanol–water partition coefficient (Wildman–Crippen LogP) is 3.60. The summed E-state index contributed by atoms with van der Waals surface area (Å²) in [6.45, 7) is 9.53. The maximum Gasteiger partial charge on any atom is 0.242 e. The zero-order chi connectivity index (χ0) is 19.6. The maximum atomic E-state index is 12.8. The number of nitrogens with zero attached hydrogens (tertiary/aromatic N) is 3. The van der Waals surface area contributed by atoms with Crippen LogP contribution in [0.3, 0.4) is 0 Å². The van der Waals surface area contributed by atoms with E-state index < -0.39 is 6.10 Å². The molecule has 5 heteroatoms. The van der Waals surface area contributed by atoms with Crippen LogP contribution in [-0.4, -0.2) is 38.6 Å². The number of likely N-dealkylation sites (N-methyl/N-ethyl adjacent to an activating group) is 1. The number of aryl methyl sites for hydroxylation is 2. The number of rotatable bonds is 6. The van der Waals surface area contributed by atoms with Crippen molar-refractivity contribution in [1.29, 1.82) is 0 Å². The summed E-state index contributed by atoms with van der Waals surface area (Å²) in [5.74, 6) is 0.528. The fourth-order valence-electron chi connectivity index (χ4n) is 3.37. The molecule has 2 aromatic carbocycles. The van der Waals surface area contributed by atoms with Crippen molar-refractivity contribution in [3.8, 4) is 0 Å². The third-order valence-electron chi connectivity index (χ3n) is 5.16. The van der Waals surface area contributed by atoms with Crippen LogP contribution in [0.25, 0.3) is 11.0 Å². The molecule has 0 aliphatic rings. The summed E-state index contributed by atoms with van der Waals surface area (Å²) in [5.41, 5.74) is 4.72. The number of aliphatic hydroxyl groups is 1. The first-order valence-corrected chi connectivity index (χ1v) is 9.44. The van der Waals surface area contributed by atoms with E-state index in [1.54, 1.807) is 4.90 Å². The molecule has 1 aromatic heterocycles. The van der Waals surface area contributed by atoms with Gasteiger partial charge in [0.15, 0.2) is 0 Å². The Morgan fingerprint density at radius 2 is 1.74 bits per heavy atom. The Morgan fingerprint density at radius 1 is 1.11 bits per heavy atom. The zero-order valence-corrected chi connectivity index (χ0v) is 16.4. The summed E-state index contributed by atoms with van der Waals surface area (Å²) < 4.78 is 1.86. The van der Waals surface area contributed by atoms with Crippen LogP contribution in [0.15, 0.2) is 42.5 Å². The van der Waals surface area contributed by atoms with Crippen molar-refractivity contribution in [2.75, 3.05) is 13.1 Å². The lowest BCUT2D eigenvalue weighted by molar-refractivity contribution is -0.131. The maximum absolute atomic E-state index is 12.8. The van der Waals surface area contributed by atoms with Gasteiger partial charge < -0.3 is 14.6 Å². The summed E-state index contributed by atoms with van der Waals surface area (Å²) in [4.78, 5) is 19.3. The number of carbonyl (C=O) groups excluding carboxylic acids is 1. The van der Waals surface area contributed by atoms with Crippen molar-refractivity contribution < 1.29 is 9.90 Å². The Bertz CT molecular complexity index is 943. The zero-order valence-electron chi connectivity index (χ0n) is 16.4. The molecule has 5 nitrogen and oxygen atoms in total. The van der Waals surface area contributed by atoms with E-state index in [4.69, 9.17) is 4.98 Å². The number of benzene rings is 2. The third kappa shape index (κ3) is 3.74. The SMILES string of the molecule is CCN(CC)C(=O)Cn1c(C(O)c2ccccc2)nc2cc(C)c(C)cc21. The van der Waals surface area contributed by atoms with E-state index in [9.17, 15) is 9.90 Å². The average Bonchev–Trinajstić information content (AvgIpc) is 3.00. The van der Waals surface area contributed by atoms with Gasteiger partial charge in [-0.05, 0) is 56.5 Å². The molecule has 0 aliphatic heterocycles. The van der Waals surface area contributed by atoms with E-state index in [0.29, 0.717) is 18.9 Å². The molecule has 1 unspecified atom stereocenters. The van der Waals surface area contributed by atoms with Crippen LogP contribution < -0.4 is 0 Å². The first-order chi connectivity index (χ1) is 13.0. The molecule has 0 bridgehead atoms. The van der Waals surface area contributed by atoms with E-state index in [-0.39, 0.29) is 12.5 Å². The smallest absolute Gasteiger partial charge is 0.242 e. The first-order valence-electron chi connectivity index (χ1n) is 9.44. The molecule has 3 aromatic rings. The lowest BCUT2D eigenvalue weighted by Gasteiger charge is -2.21. The number of aliphatic hydroxyl groups excluding tert-OH is 1. The second kappa shape index (κ2) is 7.92. The Hall–Kier alpha value is -2.66. The molecule has 0 saturated carbocycles. The number of fused-ring (bicyclic) bond motifs is 1. The van der Waals surface area contributed by atoms with Crippen molar-refractivity contribution in [3.63, 3.8) is 0 Å². The fourth-order valence-corrected chi connectivity index (χ4v) is 3.37. The third-order valence-corrected chi connectivity index (χ3v) is 5.16. The van der Waals surface area contributed by atoms with E-state index >= 15 is 0 Å². The minimum atomic E-state index is -0.885. The van der Waals surface area contributed by atoms with Crippen molar-refractivity contribution in [3.05, 3.63) is 65.0 Å². The molecule has 3 rings (SSSR count). The number of carbonyl (C=O) groups is 1. The van der Waals surface area contributed by atoms with Gasteiger partial charge in [-0.15, -0.1) is 0 Å². The molecule has 0 fully saturated rings. The minimum Gasteiger partial charge on any atom is -0.380 e.